The van der Waals surface area contributed by atoms with Crippen LogP contribution in [-0.2, 0) is 33.3 Å². The highest BCUT2D eigenvalue weighted by Gasteiger charge is 2.08. The fourth-order valence-electron chi connectivity index (χ4n) is 0.807. The van der Waals surface area contributed by atoms with Gasteiger partial charge in [-0.1, -0.05) is 20.4 Å². The van der Waals surface area contributed by atoms with Crippen molar-refractivity contribution in [1.29, 1.82) is 0 Å². The Morgan fingerprint density at radius 3 is 1.68 bits per heavy atom. The fraction of sp³-hybridized carbons (Fsp3) is 0.583. The largest absolute Gasteiger partial charge is 0.462 e. The van der Waals surface area contributed by atoms with Crippen LogP contribution in [-0.4, -0.2) is 31.5 Å². The van der Waals surface area contributed by atoms with Crippen LogP contribution in [0, 0.1) is 0 Å². The van der Waals surface area contributed by atoms with Crippen LogP contribution in [0.25, 0.3) is 0 Å². The molecule has 0 saturated carbocycles. The van der Waals surface area contributed by atoms with Gasteiger partial charge in [-0.3, -0.25) is 14.4 Å². The molecule has 0 rings (SSSR count). The first kappa shape index (κ1) is 16.9. The Kier molecular flexibility index (Phi) is 8.86. The molecule has 0 aromatic heterocycles. The van der Waals surface area contributed by atoms with Gasteiger partial charge in [-0.15, -0.1) is 0 Å². The third kappa shape index (κ3) is 9.63. The molecular formula is C12H18O7. The van der Waals surface area contributed by atoms with Crippen molar-refractivity contribution in [3.05, 3.63) is 12.3 Å². The summed E-state index contributed by atoms with van der Waals surface area (Å²) in [7, 11) is 0. The molecular weight excluding hydrogens is 256 g/mol. The number of rotatable bonds is 9. The van der Waals surface area contributed by atoms with E-state index in [-0.39, 0.29) is 31.8 Å². The predicted octanol–water partition coefficient (Wildman–Crippen LogP) is 1.27. The lowest BCUT2D eigenvalue weighted by atomic mass is 10.4. The van der Waals surface area contributed by atoms with Crippen molar-refractivity contribution >= 4 is 17.9 Å². The molecule has 7 nitrogen and oxygen atoms in total. The Labute approximate surface area is 111 Å². The molecule has 0 aliphatic heterocycles. The molecule has 0 radical (unpaired) electrons. The molecule has 108 valence electrons. The highest BCUT2D eigenvalue weighted by atomic mass is 16.7. The summed E-state index contributed by atoms with van der Waals surface area (Å²) in [4.78, 5) is 32.7. The van der Waals surface area contributed by atoms with Gasteiger partial charge in [0.2, 0.25) is 13.6 Å². The van der Waals surface area contributed by atoms with Crippen LogP contribution in [0.1, 0.15) is 33.1 Å². The SMILES string of the molecule is C=C(CC(=O)OCOC(=O)CC)OCOC(=O)CC. The van der Waals surface area contributed by atoms with Crippen LogP contribution in [0.2, 0.25) is 0 Å². The average Bonchev–Trinajstić information content (AvgIpc) is 2.37. The van der Waals surface area contributed by atoms with Crippen molar-refractivity contribution < 1.29 is 33.3 Å². The second kappa shape index (κ2) is 9.93. The lowest BCUT2D eigenvalue weighted by Gasteiger charge is -2.09. The standard InChI is InChI=1S/C12H18O7/c1-4-10(13)17-7-16-9(3)6-12(15)19-8-18-11(14)5-2/h3-8H2,1-2H3. The van der Waals surface area contributed by atoms with E-state index in [1.807, 2.05) is 0 Å². The summed E-state index contributed by atoms with van der Waals surface area (Å²) in [6.45, 7) is 5.98. The van der Waals surface area contributed by atoms with Gasteiger partial charge < -0.3 is 18.9 Å². The van der Waals surface area contributed by atoms with Crippen molar-refractivity contribution in [2.45, 2.75) is 33.1 Å². The Morgan fingerprint density at radius 2 is 1.21 bits per heavy atom. The molecule has 0 aromatic carbocycles. The van der Waals surface area contributed by atoms with Gasteiger partial charge in [0.15, 0.2) is 0 Å². The molecule has 7 heteroatoms. The van der Waals surface area contributed by atoms with Gasteiger partial charge in [-0.2, -0.15) is 0 Å². The second-order valence-electron chi connectivity index (χ2n) is 3.35. The maximum Gasteiger partial charge on any atom is 0.316 e. The molecule has 0 amide bonds. The van der Waals surface area contributed by atoms with Gasteiger partial charge in [0.1, 0.15) is 12.2 Å². The highest BCUT2D eigenvalue weighted by Crippen LogP contribution is 2.03. The molecule has 0 aliphatic carbocycles. The first-order chi connectivity index (χ1) is 8.99. The van der Waals surface area contributed by atoms with E-state index >= 15 is 0 Å². The van der Waals surface area contributed by atoms with Crippen LogP contribution >= 0.6 is 0 Å². The summed E-state index contributed by atoms with van der Waals surface area (Å²) < 4.78 is 18.7. The lowest BCUT2D eigenvalue weighted by molar-refractivity contribution is -0.167. The van der Waals surface area contributed by atoms with Crippen molar-refractivity contribution in [2.75, 3.05) is 13.6 Å². The summed E-state index contributed by atoms with van der Waals surface area (Å²) >= 11 is 0. The maximum atomic E-state index is 11.2. The first-order valence-electron chi connectivity index (χ1n) is 5.77. The molecule has 0 spiro atoms. The van der Waals surface area contributed by atoms with Gasteiger partial charge in [-0.25, -0.2) is 0 Å². The smallest absolute Gasteiger partial charge is 0.316 e. The van der Waals surface area contributed by atoms with E-state index in [2.05, 4.69) is 20.8 Å². The zero-order valence-electron chi connectivity index (χ0n) is 11.1. The van der Waals surface area contributed by atoms with Gasteiger partial charge in [0, 0.05) is 12.8 Å². The molecule has 0 atom stereocenters. The Hall–Kier alpha value is -2.05. The summed E-state index contributed by atoms with van der Waals surface area (Å²) in [5, 5.41) is 0. The molecule has 0 aromatic rings. The van der Waals surface area contributed by atoms with Crippen molar-refractivity contribution in [1.82, 2.24) is 0 Å². The van der Waals surface area contributed by atoms with E-state index < -0.39 is 24.7 Å². The number of ether oxygens (including phenoxy) is 4. The third-order valence-electron chi connectivity index (χ3n) is 1.84. The van der Waals surface area contributed by atoms with Crippen LogP contribution < -0.4 is 0 Å². The van der Waals surface area contributed by atoms with E-state index in [1.54, 1.807) is 13.8 Å². The lowest BCUT2D eigenvalue weighted by Crippen LogP contribution is -2.13. The topological polar surface area (TPSA) is 88.1 Å². The Balaban J connectivity index is 3.66. The van der Waals surface area contributed by atoms with E-state index in [0.29, 0.717) is 0 Å². The number of hydrogen-bond donors (Lipinski definition) is 0. The van der Waals surface area contributed by atoms with Crippen LogP contribution in [0.15, 0.2) is 12.3 Å². The highest BCUT2D eigenvalue weighted by molar-refractivity contribution is 5.72. The van der Waals surface area contributed by atoms with Crippen LogP contribution in [0.4, 0.5) is 0 Å². The molecule has 0 fully saturated rings. The molecule has 0 bridgehead atoms. The van der Waals surface area contributed by atoms with E-state index in [9.17, 15) is 14.4 Å². The molecule has 0 heterocycles. The average molecular weight is 274 g/mol. The minimum absolute atomic E-state index is 0.0933. The minimum atomic E-state index is -0.657. The van der Waals surface area contributed by atoms with E-state index in [4.69, 9.17) is 4.74 Å². The zero-order valence-corrected chi connectivity index (χ0v) is 11.1. The fourth-order valence-corrected chi connectivity index (χ4v) is 0.807. The van der Waals surface area contributed by atoms with Crippen LogP contribution in [0.3, 0.4) is 0 Å². The maximum absolute atomic E-state index is 11.2. The van der Waals surface area contributed by atoms with Crippen molar-refractivity contribution in [2.24, 2.45) is 0 Å². The molecule has 0 saturated heterocycles. The van der Waals surface area contributed by atoms with Crippen molar-refractivity contribution in [3.63, 3.8) is 0 Å². The molecule has 0 unspecified atom stereocenters. The quantitative estimate of drug-likeness (QED) is 0.355. The molecule has 0 N–H and O–H groups in total. The first-order valence-corrected chi connectivity index (χ1v) is 5.77. The zero-order chi connectivity index (χ0) is 14.7. The number of hydrogen-bond acceptors (Lipinski definition) is 7. The molecule has 19 heavy (non-hydrogen) atoms. The van der Waals surface area contributed by atoms with Gasteiger partial charge in [0.25, 0.3) is 0 Å². The van der Waals surface area contributed by atoms with Gasteiger partial charge in [-0.05, 0) is 0 Å². The monoisotopic (exact) mass is 274 g/mol. The second-order valence-corrected chi connectivity index (χ2v) is 3.35. The number of carbonyl (C=O) groups excluding carboxylic acids is 3. The van der Waals surface area contributed by atoms with E-state index in [0.717, 1.165) is 0 Å². The number of carbonyl (C=O) groups is 3. The Morgan fingerprint density at radius 1 is 0.789 bits per heavy atom. The normalized spacial score (nSPS) is 9.37. The minimum Gasteiger partial charge on any atom is -0.462 e. The number of esters is 3. The third-order valence-corrected chi connectivity index (χ3v) is 1.84. The summed E-state index contributed by atoms with van der Waals surface area (Å²) in [6.07, 6.45) is 0.226. The predicted molar refractivity (Wildman–Crippen MR) is 63.4 cm³/mol. The van der Waals surface area contributed by atoms with Crippen molar-refractivity contribution in [3.8, 4) is 0 Å². The van der Waals surface area contributed by atoms with E-state index in [1.165, 1.54) is 0 Å². The summed E-state index contributed by atoms with van der Waals surface area (Å²) in [5.41, 5.74) is 0. The molecule has 0 aliphatic rings. The summed E-state index contributed by atoms with van der Waals surface area (Å²) in [6, 6.07) is 0. The Bertz CT molecular complexity index is 303. The summed E-state index contributed by atoms with van der Waals surface area (Å²) in [5.74, 6) is -1.44. The van der Waals surface area contributed by atoms with Gasteiger partial charge >= 0.3 is 17.9 Å². The van der Waals surface area contributed by atoms with Gasteiger partial charge in [0.05, 0.1) is 0 Å². The van der Waals surface area contributed by atoms with Crippen LogP contribution in [0.5, 0.6) is 0 Å².